The van der Waals surface area contributed by atoms with Crippen LogP contribution in [0.4, 0.5) is 13.2 Å². The molecule has 0 spiro atoms. The van der Waals surface area contributed by atoms with Gasteiger partial charge < -0.3 is 5.32 Å². The van der Waals surface area contributed by atoms with Gasteiger partial charge in [0.05, 0.1) is 0 Å². The van der Waals surface area contributed by atoms with E-state index in [1.54, 1.807) is 0 Å². The second-order valence-electron chi connectivity index (χ2n) is 5.53. The van der Waals surface area contributed by atoms with Crippen molar-refractivity contribution in [2.45, 2.75) is 25.4 Å². The standard InChI is InChI=1S/C14H17F3N2/c15-11-4-9(5-12(16)14(11)17)6-19-7-10-2-1-3-18-13(10)8-19/h4-5,10,13,18H,1-3,6-8H2/t10-,13+/m0/s1. The zero-order valence-electron chi connectivity index (χ0n) is 10.6. The number of rotatable bonds is 2. The predicted octanol–water partition coefficient (Wildman–Crippen LogP) is 2.29. The first-order valence-electron chi connectivity index (χ1n) is 6.72. The van der Waals surface area contributed by atoms with E-state index in [1.165, 1.54) is 12.8 Å². The lowest BCUT2D eigenvalue weighted by molar-refractivity contribution is 0.311. The number of halogens is 3. The lowest BCUT2D eigenvalue weighted by Gasteiger charge is -2.24. The first-order valence-corrected chi connectivity index (χ1v) is 6.72. The third-order valence-corrected chi connectivity index (χ3v) is 4.12. The van der Waals surface area contributed by atoms with Crippen molar-refractivity contribution in [3.63, 3.8) is 0 Å². The second kappa shape index (κ2) is 5.13. The number of benzene rings is 1. The number of hydrogen-bond acceptors (Lipinski definition) is 2. The molecule has 0 aromatic heterocycles. The molecule has 0 amide bonds. The van der Waals surface area contributed by atoms with E-state index in [-0.39, 0.29) is 0 Å². The fraction of sp³-hybridized carbons (Fsp3) is 0.571. The Balaban J connectivity index is 1.69. The van der Waals surface area contributed by atoms with Crippen LogP contribution in [0.2, 0.25) is 0 Å². The Morgan fingerprint density at radius 1 is 1.16 bits per heavy atom. The monoisotopic (exact) mass is 270 g/mol. The van der Waals surface area contributed by atoms with Gasteiger partial charge in [0, 0.05) is 25.7 Å². The van der Waals surface area contributed by atoms with Gasteiger partial charge in [-0.15, -0.1) is 0 Å². The van der Waals surface area contributed by atoms with Crippen LogP contribution < -0.4 is 5.32 Å². The highest BCUT2D eigenvalue weighted by Crippen LogP contribution is 2.26. The molecule has 2 aliphatic rings. The van der Waals surface area contributed by atoms with Gasteiger partial charge in [0.25, 0.3) is 0 Å². The molecular formula is C14H17F3N2. The molecule has 1 aromatic carbocycles. The molecule has 19 heavy (non-hydrogen) atoms. The first-order chi connectivity index (χ1) is 9.13. The van der Waals surface area contributed by atoms with E-state index in [9.17, 15) is 13.2 Å². The quantitative estimate of drug-likeness (QED) is 0.829. The highest BCUT2D eigenvalue weighted by atomic mass is 19.2. The van der Waals surface area contributed by atoms with Crippen LogP contribution >= 0.6 is 0 Å². The Hall–Kier alpha value is -1.07. The van der Waals surface area contributed by atoms with Crippen LogP contribution in [0.25, 0.3) is 0 Å². The summed E-state index contributed by atoms with van der Waals surface area (Å²) in [5.41, 5.74) is 0.495. The van der Waals surface area contributed by atoms with E-state index in [1.807, 2.05) is 0 Å². The average molecular weight is 270 g/mol. The van der Waals surface area contributed by atoms with Gasteiger partial charge in [-0.25, -0.2) is 13.2 Å². The van der Waals surface area contributed by atoms with E-state index in [0.717, 1.165) is 31.8 Å². The van der Waals surface area contributed by atoms with E-state index in [0.29, 0.717) is 24.1 Å². The lowest BCUT2D eigenvalue weighted by Crippen LogP contribution is -2.40. The maximum atomic E-state index is 13.2. The Bertz CT molecular complexity index is 441. The van der Waals surface area contributed by atoms with Crippen LogP contribution in [0.15, 0.2) is 12.1 Å². The van der Waals surface area contributed by atoms with Crippen LogP contribution in [-0.2, 0) is 6.54 Å². The number of nitrogens with zero attached hydrogens (tertiary/aromatic N) is 1. The molecule has 2 fully saturated rings. The highest BCUT2D eigenvalue weighted by Gasteiger charge is 2.34. The summed E-state index contributed by atoms with van der Waals surface area (Å²) in [4.78, 5) is 2.18. The van der Waals surface area contributed by atoms with Crippen molar-refractivity contribution in [2.75, 3.05) is 19.6 Å². The smallest absolute Gasteiger partial charge is 0.194 e. The minimum atomic E-state index is -1.39. The molecule has 0 radical (unpaired) electrons. The summed E-state index contributed by atoms with van der Waals surface area (Å²) in [5.74, 6) is -2.97. The van der Waals surface area contributed by atoms with Gasteiger partial charge >= 0.3 is 0 Å². The Kier molecular flexibility index (Phi) is 3.50. The van der Waals surface area contributed by atoms with Gasteiger partial charge in [-0.3, -0.25) is 4.90 Å². The summed E-state index contributed by atoms with van der Waals surface area (Å²) in [6.45, 7) is 3.36. The van der Waals surface area contributed by atoms with Gasteiger partial charge in [0.2, 0.25) is 0 Å². The van der Waals surface area contributed by atoms with Crippen LogP contribution in [0, 0.1) is 23.4 Å². The van der Waals surface area contributed by atoms with Crippen molar-refractivity contribution in [2.24, 2.45) is 5.92 Å². The lowest BCUT2D eigenvalue weighted by atomic mass is 9.94. The van der Waals surface area contributed by atoms with Crippen LogP contribution in [-0.4, -0.2) is 30.6 Å². The fourth-order valence-corrected chi connectivity index (χ4v) is 3.22. The highest BCUT2D eigenvalue weighted by molar-refractivity contribution is 5.19. The number of hydrogen-bond donors (Lipinski definition) is 1. The Morgan fingerprint density at radius 3 is 2.58 bits per heavy atom. The molecular weight excluding hydrogens is 253 g/mol. The SMILES string of the molecule is Fc1cc(CN2C[C@@H]3CCCN[C@@H]3C2)cc(F)c1F. The van der Waals surface area contributed by atoms with Crippen molar-refractivity contribution in [1.29, 1.82) is 0 Å². The number of likely N-dealkylation sites (tertiary alicyclic amines) is 1. The normalized spacial score (nSPS) is 27.5. The van der Waals surface area contributed by atoms with Crippen molar-refractivity contribution < 1.29 is 13.2 Å². The van der Waals surface area contributed by atoms with Gasteiger partial charge in [-0.1, -0.05) is 0 Å². The fourth-order valence-electron chi connectivity index (χ4n) is 3.22. The molecule has 5 heteroatoms. The van der Waals surface area contributed by atoms with Crippen molar-refractivity contribution in [3.8, 4) is 0 Å². The number of nitrogens with one attached hydrogen (secondary N) is 1. The summed E-state index contributed by atoms with van der Waals surface area (Å²) in [6, 6.07) is 2.67. The average Bonchev–Trinajstić information content (AvgIpc) is 2.78. The summed E-state index contributed by atoms with van der Waals surface area (Å²) >= 11 is 0. The zero-order valence-corrected chi connectivity index (χ0v) is 10.6. The third-order valence-electron chi connectivity index (χ3n) is 4.12. The van der Waals surface area contributed by atoms with Gasteiger partial charge in [0.15, 0.2) is 17.5 Å². The minimum Gasteiger partial charge on any atom is -0.312 e. The summed E-state index contributed by atoms with van der Waals surface area (Å²) in [6.07, 6.45) is 2.40. The summed E-state index contributed by atoms with van der Waals surface area (Å²) < 4.78 is 39.2. The van der Waals surface area contributed by atoms with Crippen molar-refractivity contribution in [3.05, 3.63) is 35.1 Å². The minimum absolute atomic E-state index is 0.475. The molecule has 2 saturated heterocycles. The molecule has 1 N–H and O–H groups in total. The van der Waals surface area contributed by atoms with Crippen LogP contribution in [0.3, 0.4) is 0 Å². The molecule has 0 bridgehead atoms. The molecule has 2 atom stereocenters. The first kappa shape index (κ1) is 12.9. The Labute approximate surface area is 110 Å². The van der Waals surface area contributed by atoms with E-state index >= 15 is 0 Å². The Morgan fingerprint density at radius 2 is 1.89 bits per heavy atom. The van der Waals surface area contributed by atoms with Crippen LogP contribution in [0.5, 0.6) is 0 Å². The van der Waals surface area contributed by atoms with E-state index in [2.05, 4.69) is 10.2 Å². The molecule has 2 nitrogen and oxygen atoms in total. The molecule has 1 aromatic rings. The van der Waals surface area contributed by atoms with Gasteiger partial charge in [-0.05, 0) is 43.0 Å². The molecule has 0 unspecified atom stereocenters. The van der Waals surface area contributed by atoms with E-state index < -0.39 is 17.5 Å². The molecule has 2 heterocycles. The zero-order chi connectivity index (χ0) is 13.4. The third kappa shape index (κ3) is 2.62. The molecule has 0 aliphatic carbocycles. The van der Waals surface area contributed by atoms with Gasteiger partial charge in [0.1, 0.15) is 0 Å². The molecule has 3 rings (SSSR count). The number of fused-ring (bicyclic) bond motifs is 1. The van der Waals surface area contributed by atoms with Crippen molar-refractivity contribution in [1.82, 2.24) is 10.2 Å². The molecule has 104 valence electrons. The summed E-state index contributed by atoms with van der Waals surface area (Å²) in [7, 11) is 0. The van der Waals surface area contributed by atoms with Crippen molar-refractivity contribution >= 4 is 0 Å². The largest absolute Gasteiger partial charge is 0.312 e. The maximum absolute atomic E-state index is 13.2. The topological polar surface area (TPSA) is 15.3 Å². The van der Waals surface area contributed by atoms with Gasteiger partial charge in [-0.2, -0.15) is 0 Å². The van der Waals surface area contributed by atoms with Crippen LogP contribution in [0.1, 0.15) is 18.4 Å². The number of piperidine rings is 1. The molecule has 0 saturated carbocycles. The maximum Gasteiger partial charge on any atom is 0.194 e. The molecule has 2 aliphatic heterocycles. The van der Waals surface area contributed by atoms with E-state index in [4.69, 9.17) is 0 Å². The predicted molar refractivity (Wildman–Crippen MR) is 66.1 cm³/mol. The summed E-state index contributed by atoms with van der Waals surface area (Å²) in [5, 5.41) is 3.48. The second-order valence-corrected chi connectivity index (χ2v) is 5.53.